The van der Waals surface area contributed by atoms with Crippen molar-refractivity contribution >= 4 is 10.2 Å². The molecule has 0 aliphatic carbocycles. The van der Waals surface area contributed by atoms with E-state index in [2.05, 4.69) is 16.0 Å². The van der Waals surface area contributed by atoms with Gasteiger partial charge in [0.05, 0.1) is 0 Å². The van der Waals surface area contributed by atoms with Gasteiger partial charge in [0.2, 0.25) is 0 Å². The summed E-state index contributed by atoms with van der Waals surface area (Å²) in [5.41, 5.74) is 2.15. The van der Waals surface area contributed by atoms with Crippen LogP contribution < -0.4 is 0 Å². The van der Waals surface area contributed by atoms with Crippen molar-refractivity contribution < 1.29 is 8.42 Å². The molecular weight excluding hydrogens is 312 g/mol. The van der Waals surface area contributed by atoms with Crippen LogP contribution in [0.15, 0.2) is 18.2 Å². The van der Waals surface area contributed by atoms with Crippen LogP contribution in [0.5, 0.6) is 0 Å². The molecule has 3 rings (SSSR count). The molecule has 0 N–H and O–H groups in total. The average molecular weight is 338 g/mol. The van der Waals surface area contributed by atoms with Crippen LogP contribution in [0, 0.1) is 6.92 Å². The lowest BCUT2D eigenvalue weighted by molar-refractivity contribution is 0.184. The predicted molar refractivity (Wildman–Crippen MR) is 90.4 cm³/mol. The van der Waals surface area contributed by atoms with E-state index in [1.165, 1.54) is 0 Å². The molecular formula is C16H26N4O2S. The Labute approximate surface area is 139 Å². The minimum atomic E-state index is -3.23. The van der Waals surface area contributed by atoms with Crippen LogP contribution in [0.25, 0.3) is 0 Å². The average Bonchev–Trinajstić information content (AvgIpc) is 3.09. The van der Waals surface area contributed by atoms with Gasteiger partial charge in [-0.2, -0.15) is 17.0 Å². The predicted octanol–water partition coefficient (Wildman–Crippen LogP) is 0.891. The third-order valence-corrected chi connectivity index (χ3v) is 6.71. The topological polar surface area (TPSA) is 56.8 Å². The molecule has 2 aliphatic heterocycles. The van der Waals surface area contributed by atoms with Crippen LogP contribution in [0.3, 0.4) is 0 Å². The lowest BCUT2D eigenvalue weighted by Gasteiger charge is -2.35. The van der Waals surface area contributed by atoms with Gasteiger partial charge in [0.25, 0.3) is 10.2 Å². The summed E-state index contributed by atoms with van der Waals surface area (Å²) in [4.78, 5) is 6.86. The molecule has 0 saturated carbocycles. The summed E-state index contributed by atoms with van der Waals surface area (Å²) in [5, 5.41) is 0. The van der Waals surface area contributed by atoms with Crippen LogP contribution in [0.4, 0.5) is 0 Å². The SMILES string of the molecule is Cc1cccc(CCN2CCN(S(=O)(=O)N3CCCC3)CC2)n1. The second-order valence-corrected chi connectivity index (χ2v) is 8.30. The smallest absolute Gasteiger partial charge is 0.282 e. The van der Waals surface area contributed by atoms with Crippen LogP contribution in [-0.4, -0.2) is 72.7 Å². The van der Waals surface area contributed by atoms with Gasteiger partial charge in [-0.1, -0.05) is 6.07 Å². The van der Waals surface area contributed by atoms with E-state index < -0.39 is 10.2 Å². The molecule has 1 aromatic heterocycles. The van der Waals surface area contributed by atoms with Gasteiger partial charge in [0.1, 0.15) is 0 Å². The molecule has 128 valence electrons. The normalized spacial score (nSPS) is 21.8. The first-order valence-electron chi connectivity index (χ1n) is 8.46. The van der Waals surface area contributed by atoms with Crippen molar-refractivity contribution in [1.82, 2.24) is 18.5 Å². The van der Waals surface area contributed by atoms with E-state index in [4.69, 9.17) is 0 Å². The van der Waals surface area contributed by atoms with Crippen molar-refractivity contribution in [3.63, 3.8) is 0 Å². The summed E-state index contributed by atoms with van der Waals surface area (Å²) < 4.78 is 28.4. The first-order valence-corrected chi connectivity index (χ1v) is 9.85. The summed E-state index contributed by atoms with van der Waals surface area (Å²) in [7, 11) is -3.23. The van der Waals surface area contributed by atoms with E-state index in [0.717, 1.165) is 50.3 Å². The highest BCUT2D eigenvalue weighted by Crippen LogP contribution is 2.18. The van der Waals surface area contributed by atoms with Gasteiger partial charge >= 0.3 is 0 Å². The zero-order valence-electron chi connectivity index (χ0n) is 13.8. The van der Waals surface area contributed by atoms with Crippen molar-refractivity contribution in [2.75, 3.05) is 45.8 Å². The number of hydrogen-bond acceptors (Lipinski definition) is 4. The van der Waals surface area contributed by atoms with Crippen molar-refractivity contribution in [1.29, 1.82) is 0 Å². The van der Waals surface area contributed by atoms with Gasteiger partial charge in [-0.25, -0.2) is 0 Å². The minimum absolute atomic E-state index is 0.597. The van der Waals surface area contributed by atoms with Crippen molar-refractivity contribution in [3.05, 3.63) is 29.6 Å². The Morgan fingerprint density at radius 1 is 1.00 bits per heavy atom. The fraction of sp³-hybridized carbons (Fsp3) is 0.688. The first-order chi connectivity index (χ1) is 11.1. The highest BCUT2D eigenvalue weighted by Gasteiger charge is 2.33. The van der Waals surface area contributed by atoms with E-state index in [-0.39, 0.29) is 0 Å². The fourth-order valence-electron chi connectivity index (χ4n) is 3.28. The second kappa shape index (κ2) is 7.25. The molecule has 6 nitrogen and oxygen atoms in total. The van der Waals surface area contributed by atoms with E-state index in [0.29, 0.717) is 26.2 Å². The Hall–Kier alpha value is -1.02. The van der Waals surface area contributed by atoms with Crippen LogP contribution in [-0.2, 0) is 16.6 Å². The molecule has 0 radical (unpaired) electrons. The van der Waals surface area contributed by atoms with E-state index >= 15 is 0 Å². The maximum absolute atomic E-state index is 12.5. The molecule has 7 heteroatoms. The number of aromatic nitrogens is 1. The third kappa shape index (κ3) is 4.09. The van der Waals surface area contributed by atoms with Crippen molar-refractivity contribution in [3.8, 4) is 0 Å². The minimum Gasteiger partial charge on any atom is -0.300 e. The Morgan fingerprint density at radius 2 is 1.65 bits per heavy atom. The van der Waals surface area contributed by atoms with E-state index in [9.17, 15) is 8.42 Å². The van der Waals surface area contributed by atoms with Crippen molar-refractivity contribution in [2.24, 2.45) is 0 Å². The number of piperazine rings is 1. The Morgan fingerprint density at radius 3 is 2.30 bits per heavy atom. The molecule has 0 aromatic carbocycles. The zero-order valence-corrected chi connectivity index (χ0v) is 14.6. The maximum Gasteiger partial charge on any atom is 0.282 e. The van der Waals surface area contributed by atoms with Gasteiger partial charge in [-0.3, -0.25) is 4.98 Å². The summed E-state index contributed by atoms with van der Waals surface area (Å²) >= 11 is 0. The summed E-state index contributed by atoms with van der Waals surface area (Å²) in [6, 6.07) is 6.10. The molecule has 23 heavy (non-hydrogen) atoms. The lowest BCUT2D eigenvalue weighted by Crippen LogP contribution is -2.52. The number of rotatable bonds is 5. The standard InChI is InChI=1S/C16H26N4O2S/c1-15-5-4-6-16(17-15)7-10-18-11-13-20(14-12-18)23(21,22)19-8-2-3-9-19/h4-6H,2-3,7-14H2,1H3. The Balaban J connectivity index is 1.48. The number of pyridine rings is 1. The Kier molecular flexibility index (Phi) is 5.31. The van der Waals surface area contributed by atoms with Crippen LogP contribution in [0.2, 0.25) is 0 Å². The highest BCUT2D eigenvalue weighted by molar-refractivity contribution is 7.86. The fourth-order valence-corrected chi connectivity index (χ4v) is 4.95. The largest absolute Gasteiger partial charge is 0.300 e. The molecule has 0 amide bonds. The molecule has 0 unspecified atom stereocenters. The van der Waals surface area contributed by atoms with Gasteiger partial charge < -0.3 is 4.90 Å². The molecule has 2 aliphatic rings. The monoisotopic (exact) mass is 338 g/mol. The van der Waals surface area contributed by atoms with E-state index in [1.54, 1.807) is 8.61 Å². The molecule has 3 heterocycles. The summed E-state index contributed by atoms with van der Waals surface area (Å²) in [6.45, 7) is 7.11. The molecule has 1 aromatic rings. The van der Waals surface area contributed by atoms with Crippen LogP contribution >= 0.6 is 0 Å². The van der Waals surface area contributed by atoms with Gasteiger partial charge in [0, 0.05) is 63.6 Å². The summed E-state index contributed by atoms with van der Waals surface area (Å²) in [6.07, 6.45) is 2.89. The van der Waals surface area contributed by atoms with E-state index in [1.807, 2.05) is 19.1 Å². The maximum atomic E-state index is 12.5. The van der Waals surface area contributed by atoms with Crippen LogP contribution in [0.1, 0.15) is 24.2 Å². The quantitative estimate of drug-likeness (QED) is 0.800. The highest BCUT2D eigenvalue weighted by atomic mass is 32.2. The third-order valence-electron chi connectivity index (χ3n) is 4.68. The molecule has 0 atom stereocenters. The van der Waals surface area contributed by atoms with Crippen molar-refractivity contribution in [2.45, 2.75) is 26.2 Å². The van der Waals surface area contributed by atoms with Gasteiger partial charge in [-0.15, -0.1) is 0 Å². The zero-order chi connectivity index (χ0) is 16.3. The number of hydrogen-bond donors (Lipinski definition) is 0. The molecule has 2 saturated heterocycles. The van der Waals surface area contributed by atoms with Gasteiger partial charge in [-0.05, 0) is 31.9 Å². The molecule has 0 spiro atoms. The first kappa shape index (κ1) is 16.8. The number of aryl methyl sites for hydroxylation is 1. The lowest BCUT2D eigenvalue weighted by atomic mass is 10.2. The van der Waals surface area contributed by atoms with Gasteiger partial charge in [0.15, 0.2) is 0 Å². The molecule has 2 fully saturated rings. The summed E-state index contributed by atoms with van der Waals surface area (Å²) in [5.74, 6) is 0. The second-order valence-electron chi connectivity index (χ2n) is 6.37. The molecule has 0 bridgehead atoms. The Bertz CT molecular complexity index is 621. The number of nitrogens with zero attached hydrogens (tertiary/aromatic N) is 4.